The quantitative estimate of drug-likeness (QED) is 0.390. The standard InChI is InChI=1S/C20H14Cl4N4O/c21-11-7-12(22)9-13(8-11)25-19(29)10-4-5-16-17(6-10)27-20(26-16)28-18-14(23)2-1-3-15(18)24/h2,4-9H,1,3H2,(H,25,29)(H2,26,27,28). The zero-order valence-electron chi connectivity index (χ0n) is 14.8. The third-order valence-corrected chi connectivity index (χ3v) is 5.46. The lowest BCUT2D eigenvalue weighted by molar-refractivity contribution is 0.102. The highest BCUT2D eigenvalue weighted by molar-refractivity contribution is 6.36. The lowest BCUT2D eigenvalue weighted by atomic mass is 10.1. The van der Waals surface area contributed by atoms with Crippen LogP contribution < -0.4 is 10.6 Å². The molecule has 0 saturated heterocycles. The van der Waals surface area contributed by atoms with Crippen LogP contribution in [0.25, 0.3) is 11.0 Å². The van der Waals surface area contributed by atoms with Crippen molar-refractivity contribution >= 4 is 75.0 Å². The molecular weight excluding hydrogens is 454 g/mol. The molecule has 1 aliphatic carbocycles. The Bertz CT molecular complexity index is 1160. The molecule has 0 spiro atoms. The number of nitrogens with zero attached hydrogens (tertiary/aromatic N) is 1. The van der Waals surface area contributed by atoms with Crippen LogP contribution in [0.2, 0.25) is 10.0 Å². The number of benzene rings is 2. The third kappa shape index (κ3) is 4.54. The van der Waals surface area contributed by atoms with Gasteiger partial charge in [0.1, 0.15) is 0 Å². The van der Waals surface area contributed by atoms with E-state index < -0.39 is 0 Å². The summed E-state index contributed by atoms with van der Waals surface area (Å²) < 4.78 is 0. The predicted octanol–water partition coefficient (Wildman–Crippen LogP) is 6.90. The number of aromatic amines is 1. The molecule has 0 unspecified atom stereocenters. The highest BCUT2D eigenvalue weighted by atomic mass is 35.5. The van der Waals surface area contributed by atoms with E-state index in [1.54, 1.807) is 36.4 Å². The molecule has 0 bridgehead atoms. The Morgan fingerprint density at radius 2 is 1.79 bits per heavy atom. The summed E-state index contributed by atoms with van der Waals surface area (Å²) in [5.41, 5.74) is 2.99. The van der Waals surface area contributed by atoms with Gasteiger partial charge in [0.2, 0.25) is 5.95 Å². The largest absolute Gasteiger partial charge is 0.324 e. The second-order valence-electron chi connectivity index (χ2n) is 6.43. The predicted molar refractivity (Wildman–Crippen MR) is 120 cm³/mol. The molecule has 1 amide bonds. The maximum absolute atomic E-state index is 12.6. The van der Waals surface area contributed by atoms with Crippen molar-refractivity contribution in [2.75, 3.05) is 10.6 Å². The maximum atomic E-state index is 12.6. The van der Waals surface area contributed by atoms with E-state index in [1.165, 1.54) is 0 Å². The molecule has 0 radical (unpaired) electrons. The lowest BCUT2D eigenvalue weighted by Crippen LogP contribution is -2.11. The first-order valence-electron chi connectivity index (χ1n) is 8.68. The summed E-state index contributed by atoms with van der Waals surface area (Å²) in [6.07, 6.45) is 3.43. The molecule has 4 rings (SSSR count). The average Bonchev–Trinajstić information content (AvgIpc) is 3.05. The monoisotopic (exact) mass is 466 g/mol. The van der Waals surface area contributed by atoms with E-state index in [9.17, 15) is 4.79 Å². The molecule has 5 nitrogen and oxygen atoms in total. The summed E-state index contributed by atoms with van der Waals surface area (Å²) >= 11 is 24.5. The summed E-state index contributed by atoms with van der Waals surface area (Å²) in [4.78, 5) is 20.2. The van der Waals surface area contributed by atoms with Crippen LogP contribution in [0.15, 0.2) is 58.2 Å². The second-order valence-corrected chi connectivity index (χ2v) is 8.16. The minimum atomic E-state index is -0.293. The van der Waals surface area contributed by atoms with Gasteiger partial charge in [-0.2, -0.15) is 0 Å². The SMILES string of the molecule is O=C(Nc1cc(Cl)cc(Cl)c1)c1ccc2nc(NC3=C(Cl)CCC=C3Cl)[nH]c2c1. The van der Waals surface area contributed by atoms with Gasteiger partial charge in [-0.1, -0.05) is 52.5 Å². The van der Waals surface area contributed by atoms with Crippen LogP contribution in [-0.4, -0.2) is 15.9 Å². The van der Waals surface area contributed by atoms with Crippen molar-refractivity contribution in [3.05, 3.63) is 73.8 Å². The van der Waals surface area contributed by atoms with Crippen molar-refractivity contribution in [3.63, 3.8) is 0 Å². The number of carbonyl (C=O) groups excluding carboxylic acids is 1. The minimum absolute atomic E-state index is 0.293. The topological polar surface area (TPSA) is 69.8 Å². The number of imidazole rings is 1. The molecule has 2 aromatic carbocycles. The average molecular weight is 468 g/mol. The number of allylic oxidation sites excluding steroid dienone is 3. The van der Waals surface area contributed by atoms with Crippen LogP contribution in [0.3, 0.4) is 0 Å². The maximum Gasteiger partial charge on any atom is 0.255 e. The van der Waals surface area contributed by atoms with Crippen molar-refractivity contribution in [1.82, 2.24) is 9.97 Å². The molecule has 1 heterocycles. The number of H-pyrrole nitrogens is 1. The summed E-state index contributed by atoms with van der Waals surface area (Å²) in [5.74, 6) is 0.194. The molecule has 3 N–H and O–H groups in total. The van der Waals surface area contributed by atoms with E-state index in [0.29, 0.717) is 54.0 Å². The van der Waals surface area contributed by atoms with Gasteiger partial charge in [-0.15, -0.1) is 0 Å². The molecule has 9 heteroatoms. The molecular formula is C20H14Cl4N4O. The number of fused-ring (bicyclic) bond motifs is 1. The van der Waals surface area contributed by atoms with Crippen molar-refractivity contribution < 1.29 is 4.79 Å². The smallest absolute Gasteiger partial charge is 0.255 e. The summed E-state index contributed by atoms with van der Waals surface area (Å²) in [7, 11) is 0. The first-order valence-corrected chi connectivity index (χ1v) is 10.2. The van der Waals surface area contributed by atoms with E-state index in [4.69, 9.17) is 46.4 Å². The molecule has 0 aliphatic heterocycles. The molecule has 0 fully saturated rings. The zero-order valence-corrected chi connectivity index (χ0v) is 17.8. The van der Waals surface area contributed by atoms with E-state index in [0.717, 1.165) is 12.8 Å². The van der Waals surface area contributed by atoms with Crippen LogP contribution in [0, 0.1) is 0 Å². The summed E-state index contributed by atoms with van der Waals surface area (Å²) in [6, 6.07) is 10.0. The van der Waals surface area contributed by atoms with E-state index in [2.05, 4.69) is 20.6 Å². The van der Waals surface area contributed by atoms with Crippen LogP contribution >= 0.6 is 46.4 Å². The van der Waals surface area contributed by atoms with E-state index in [1.807, 2.05) is 6.08 Å². The zero-order chi connectivity index (χ0) is 20.5. The van der Waals surface area contributed by atoms with E-state index in [-0.39, 0.29) is 5.91 Å². The number of rotatable bonds is 4. The van der Waals surface area contributed by atoms with Gasteiger partial charge in [0, 0.05) is 26.3 Å². The molecule has 29 heavy (non-hydrogen) atoms. The minimum Gasteiger partial charge on any atom is -0.324 e. The number of aromatic nitrogens is 2. The van der Waals surface area contributed by atoms with Crippen molar-refractivity contribution in [1.29, 1.82) is 0 Å². The van der Waals surface area contributed by atoms with Gasteiger partial charge in [-0.05, 0) is 49.2 Å². The Morgan fingerprint density at radius 3 is 2.52 bits per heavy atom. The van der Waals surface area contributed by atoms with Gasteiger partial charge in [0.05, 0.1) is 21.8 Å². The van der Waals surface area contributed by atoms with Crippen molar-refractivity contribution in [3.8, 4) is 0 Å². The van der Waals surface area contributed by atoms with Gasteiger partial charge in [0.15, 0.2) is 0 Å². The first kappa shape index (κ1) is 20.1. The number of amides is 1. The van der Waals surface area contributed by atoms with Gasteiger partial charge in [-0.25, -0.2) is 4.98 Å². The fourth-order valence-electron chi connectivity index (χ4n) is 2.97. The van der Waals surface area contributed by atoms with Gasteiger partial charge in [0.25, 0.3) is 5.91 Å². The van der Waals surface area contributed by atoms with Crippen LogP contribution in [0.1, 0.15) is 23.2 Å². The highest BCUT2D eigenvalue weighted by Gasteiger charge is 2.16. The van der Waals surface area contributed by atoms with Gasteiger partial charge in [-0.3, -0.25) is 4.79 Å². The van der Waals surface area contributed by atoms with Crippen LogP contribution in [-0.2, 0) is 0 Å². The summed E-state index contributed by atoms with van der Waals surface area (Å²) in [5, 5.41) is 7.99. The fraction of sp³-hybridized carbons (Fsp3) is 0.100. The van der Waals surface area contributed by atoms with Crippen molar-refractivity contribution in [2.24, 2.45) is 0 Å². The molecule has 3 aromatic rings. The molecule has 0 atom stereocenters. The lowest BCUT2D eigenvalue weighted by Gasteiger charge is -2.14. The Morgan fingerprint density at radius 1 is 1.03 bits per heavy atom. The number of anilines is 2. The Labute approximate surface area is 186 Å². The molecule has 148 valence electrons. The fourth-order valence-corrected chi connectivity index (χ4v) is 4.07. The number of halogens is 4. The third-order valence-electron chi connectivity index (χ3n) is 4.31. The van der Waals surface area contributed by atoms with Crippen molar-refractivity contribution in [2.45, 2.75) is 12.8 Å². The Hall–Kier alpha value is -2.18. The van der Waals surface area contributed by atoms with Gasteiger partial charge < -0.3 is 15.6 Å². The second kappa shape index (κ2) is 8.28. The number of nitrogens with one attached hydrogen (secondary N) is 3. The molecule has 0 saturated carbocycles. The first-order chi connectivity index (χ1) is 13.9. The highest BCUT2D eigenvalue weighted by Crippen LogP contribution is 2.31. The molecule has 1 aromatic heterocycles. The number of hydrogen-bond donors (Lipinski definition) is 3. The van der Waals surface area contributed by atoms with Crippen LogP contribution in [0.4, 0.5) is 11.6 Å². The van der Waals surface area contributed by atoms with E-state index >= 15 is 0 Å². The van der Waals surface area contributed by atoms with Gasteiger partial charge >= 0.3 is 0 Å². The normalized spacial score (nSPS) is 14.1. The Kier molecular flexibility index (Phi) is 5.74. The number of hydrogen-bond acceptors (Lipinski definition) is 3. The Balaban J connectivity index is 1.56. The summed E-state index contributed by atoms with van der Waals surface area (Å²) in [6.45, 7) is 0. The number of carbonyl (C=O) groups is 1. The van der Waals surface area contributed by atoms with Crippen LogP contribution in [0.5, 0.6) is 0 Å². The molecule has 1 aliphatic rings.